The van der Waals surface area contributed by atoms with Gasteiger partial charge in [0.15, 0.2) is 0 Å². The number of rotatable bonds is 0. The van der Waals surface area contributed by atoms with Crippen LogP contribution in [0.2, 0.25) is 0 Å². The van der Waals surface area contributed by atoms with E-state index in [0.29, 0.717) is 0 Å². The Morgan fingerprint density at radius 1 is 1.40 bits per heavy atom. The molecule has 1 aromatic rings. The molecular weight excluding hydrogens is 190 g/mol. The average Bonchev–Trinajstić information content (AvgIpc) is 2.16. The Morgan fingerprint density at radius 3 is 2.87 bits per heavy atom. The maximum absolute atomic E-state index is 9.40. The minimum absolute atomic E-state index is 0.00106. The monoisotopic (exact) mass is 205 g/mol. The standard InChI is InChI=1S/C12H15NO2/c13-10-7-12(4-1-5-12)15-11-3-2-8(14)6-9(10)11/h2-3,6,10,14H,1,4-5,7,13H2. The first-order valence-corrected chi connectivity index (χ1v) is 5.46. The van der Waals surface area contributed by atoms with Gasteiger partial charge in [0.2, 0.25) is 0 Å². The van der Waals surface area contributed by atoms with Gasteiger partial charge in [-0.25, -0.2) is 0 Å². The average molecular weight is 205 g/mol. The fraction of sp³-hybridized carbons (Fsp3) is 0.500. The van der Waals surface area contributed by atoms with Crippen LogP contribution in [0.5, 0.6) is 11.5 Å². The lowest BCUT2D eigenvalue weighted by Gasteiger charge is -2.47. The smallest absolute Gasteiger partial charge is 0.125 e. The number of phenolic OH excluding ortho intramolecular Hbond substituents is 1. The van der Waals surface area contributed by atoms with E-state index < -0.39 is 0 Å². The van der Waals surface area contributed by atoms with Crippen molar-refractivity contribution in [2.45, 2.75) is 37.3 Å². The van der Waals surface area contributed by atoms with E-state index in [9.17, 15) is 5.11 Å². The Balaban J connectivity index is 2.01. The van der Waals surface area contributed by atoms with Gasteiger partial charge in [0.25, 0.3) is 0 Å². The molecule has 1 spiro atoms. The molecule has 1 atom stereocenters. The van der Waals surface area contributed by atoms with Crippen LogP contribution in [0.15, 0.2) is 18.2 Å². The minimum Gasteiger partial charge on any atom is -0.508 e. The molecule has 3 nitrogen and oxygen atoms in total. The van der Waals surface area contributed by atoms with Crippen molar-refractivity contribution < 1.29 is 9.84 Å². The summed E-state index contributed by atoms with van der Waals surface area (Å²) in [6, 6.07) is 5.19. The van der Waals surface area contributed by atoms with Crippen molar-refractivity contribution in [3.63, 3.8) is 0 Å². The van der Waals surface area contributed by atoms with Crippen molar-refractivity contribution in [1.29, 1.82) is 0 Å². The van der Waals surface area contributed by atoms with Gasteiger partial charge in [-0.05, 0) is 37.5 Å². The Labute approximate surface area is 88.9 Å². The van der Waals surface area contributed by atoms with Gasteiger partial charge >= 0.3 is 0 Å². The van der Waals surface area contributed by atoms with Gasteiger partial charge in [-0.1, -0.05) is 0 Å². The van der Waals surface area contributed by atoms with Crippen molar-refractivity contribution in [2.75, 3.05) is 0 Å². The molecule has 80 valence electrons. The summed E-state index contributed by atoms with van der Waals surface area (Å²) in [5, 5.41) is 9.40. The lowest BCUT2D eigenvalue weighted by atomic mass is 9.73. The fourth-order valence-electron chi connectivity index (χ4n) is 2.58. The summed E-state index contributed by atoms with van der Waals surface area (Å²) in [4.78, 5) is 0. The van der Waals surface area contributed by atoms with E-state index in [-0.39, 0.29) is 17.4 Å². The highest BCUT2D eigenvalue weighted by molar-refractivity contribution is 5.44. The molecule has 1 aromatic carbocycles. The highest BCUT2D eigenvalue weighted by Gasteiger charge is 2.44. The van der Waals surface area contributed by atoms with Crippen molar-refractivity contribution in [3.05, 3.63) is 23.8 Å². The van der Waals surface area contributed by atoms with Crippen molar-refractivity contribution in [2.24, 2.45) is 5.73 Å². The van der Waals surface area contributed by atoms with Crippen LogP contribution >= 0.6 is 0 Å². The molecule has 0 amide bonds. The first-order valence-electron chi connectivity index (χ1n) is 5.46. The van der Waals surface area contributed by atoms with Crippen LogP contribution in [0, 0.1) is 0 Å². The Hall–Kier alpha value is -1.22. The summed E-state index contributed by atoms with van der Waals surface area (Å²) in [6.45, 7) is 0. The third-order valence-electron chi connectivity index (χ3n) is 3.58. The zero-order valence-corrected chi connectivity index (χ0v) is 8.57. The van der Waals surface area contributed by atoms with Gasteiger partial charge in [-0.3, -0.25) is 0 Å². The number of benzene rings is 1. The number of fused-ring (bicyclic) bond motifs is 1. The molecule has 15 heavy (non-hydrogen) atoms. The second-order valence-corrected chi connectivity index (χ2v) is 4.67. The van der Waals surface area contributed by atoms with E-state index in [1.54, 1.807) is 12.1 Å². The molecule has 1 heterocycles. The van der Waals surface area contributed by atoms with Crippen LogP contribution in [0.3, 0.4) is 0 Å². The second kappa shape index (κ2) is 2.89. The highest BCUT2D eigenvalue weighted by Crippen LogP contribution is 2.48. The minimum atomic E-state index is 0.00106. The summed E-state index contributed by atoms with van der Waals surface area (Å²) in [7, 11) is 0. The quantitative estimate of drug-likeness (QED) is 0.682. The van der Waals surface area contributed by atoms with Gasteiger partial charge in [0.1, 0.15) is 17.1 Å². The van der Waals surface area contributed by atoms with Crippen LogP contribution in [0.4, 0.5) is 0 Å². The number of hydrogen-bond donors (Lipinski definition) is 2. The molecule has 1 saturated carbocycles. The summed E-state index contributed by atoms with van der Waals surface area (Å²) in [5.41, 5.74) is 7.05. The Bertz CT molecular complexity index is 399. The Kier molecular flexibility index (Phi) is 1.74. The summed E-state index contributed by atoms with van der Waals surface area (Å²) < 4.78 is 5.99. The lowest BCUT2D eigenvalue weighted by Crippen LogP contribution is -2.48. The number of hydrogen-bond acceptors (Lipinski definition) is 3. The second-order valence-electron chi connectivity index (χ2n) is 4.67. The van der Waals surface area contributed by atoms with Crippen LogP contribution < -0.4 is 10.5 Å². The maximum Gasteiger partial charge on any atom is 0.125 e. The van der Waals surface area contributed by atoms with E-state index in [1.807, 2.05) is 6.07 Å². The van der Waals surface area contributed by atoms with Crippen molar-refractivity contribution in [1.82, 2.24) is 0 Å². The Morgan fingerprint density at radius 2 is 2.20 bits per heavy atom. The van der Waals surface area contributed by atoms with Crippen LogP contribution in [0.25, 0.3) is 0 Å². The molecule has 0 aromatic heterocycles. The molecule has 1 fully saturated rings. The van der Waals surface area contributed by atoms with E-state index in [1.165, 1.54) is 6.42 Å². The van der Waals surface area contributed by atoms with Gasteiger partial charge in [-0.2, -0.15) is 0 Å². The van der Waals surface area contributed by atoms with Crippen LogP contribution in [-0.2, 0) is 0 Å². The summed E-state index contributed by atoms with van der Waals surface area (Å²) >= 11 is 0. The predicted octanol–water partition coefficient (Wildman–Crippen LogP) is 2.10. The SMILES string of the molecule is NC1CC2(CCC2)Oc2ccc(O)cc21. The van der Waals surface area contributed by atoms with E-state index in [0.717, 1.165) is 30.6 Å². The largest absolute Gasteiger partial charge is 0.508 e. The third-order valence-corrected chi connectivity index (χ3v) is 3.58. The zero-order chi connectivity index (χ0) is 10.5. The van der Waals surface area contributed by atoms with Gasteiger partial charge in [-0.15, -0.1) is 0 Å². The normalized spacial score (nSPS) is 26.6. The van der Waals surface area contributed by atoms with E-state index in [4.69, 9.17) is 10.5 Å². The lowest BCUT2D eigenvalue weighted by molar-refractivity contribution is -0.0330. The molecule has 3 rings (SSSR count). The topological polar surface area (TPSA) is 55.5 Å². The molecule has 1 aliphatic heterocycles. The predicted molar refractivity (Wildman–Crippen MR) is 56.9 cm³/mol. The third kappa shape index (κ3) is 1.30. The van der Waals surface area contributed by atoms with Gasteiger partial charge in [0.05, 0.1) is 0 Å². The van der Waals surface area contributed by atoms with Gasteiger partial charge < -0.3 is 15.6 Å². The molecule has 0 radical (unpaired) electrons. The first-order chi connectivity index (χ1) is 7.19. The van der Waals surface area contributed by atoms with E-state index in [2.05, 4.69) is 0 Å². The molecule has 3 heteroatoms. The molecule has 3 N–H and O–H groups in total. The first kappa shape index (κ1) is 9.04. The number of phenols is 1. The molecule has 2 aliphatic rings. The molecule has 1 unspecified atom stereocenters. The van der Waals surface area contributed by atoms with Crippen LogP contribution in [0.1, 0.15) is 37.3 Å². The molecule has 0 bridgehead atoms. The number of nitrogens with two attached hydrogens (primary N) is 1. The van der Waals surface area contributed by atoms with Crippen LogP contribution in [-0.4, -0.2) is 10.7 Å². The fourth-order valence-corrected chi connectivity index (χ4v) is 2.58. The van der Waals surface area contributed by atoms with Crippen molar-refractivity contribution in [3.8, 4) is 11.5 Å². The summed E-state index contributed by atoms with van der Waals surface area (Å²) in [6.07, 6.45) is 4.34. The maximum atomic E-state index is 9.40. The highest BCUT2D eigenvalue weighted by atomic mass is 16.5. The van der Waals surface area contributed by atoms with Gasteiger partial charge in [0, 0.05) is 18.0 Å². The molecular formula is C12H15NO2. The summed E-state index contributed by atoms with van der Waals surface area (Å²) in [5.74, 6) is 1.11. The molecule has 1 aliphatic carbocycles. The van der Waals surface area contributed by atoms with E-state index >= 15 is 0 Å². The number of aromatic hydroxyl groups is 1. The van der Waals surface area contributed by atoms with Crippen molar-refractivity contribution >= 4 is 0 Å². The number of ether oxygens (including phenoxy) is 1. The zero-order valence-electron chi connectivity index (χ0n) is 8.57. The molecule has 0 saturated heterocycles.